The summed E-state index contributed by atoms with van der Waals surface area (Å²) in [6, 6.07) is 5.87. The number of carbonyl (C=O) groups is 1. The van der Waals surface area contributed by atoms with Gasteiger partial charge in [-0.1, -0.05) is 12.1 Å². The van der Waals surface area contributed by atoms with E-state index in [0.29, 0.717) is 11.3 Å². The minimum absolute atomic E-state index is 0.0669. The van der Waals surface area contributed by atoms with Gasteiger partial charge in [0.05, 0.1) is 29.1 Å². The maximum atomic E-state index is 11.9. The first-order valence-electron chi connectivity index (χ1n) is 5.63. The van der Waals surface area contributed by atoms with Crippen LogP contribution >= 0.6 is 11.3 Å². The predicted octanol–water partition coefficient (Wildman–Crippen LogP) is 1.46. The summed E-state index contributed by atoms with van der Waals surface area (Å²) in [5, 5.41) is 10.6. The Kier molecular flexibility index (Phi) is 4.48. The second-order valence-corrected chi connectivity index (χ2v) is 6.59. The number of benzene rings is 1. The molecule has 1 aromatic carbocycles. The fourth-order valence-electron chi connectivity index (χ4n) is 1.57. The molecule has 0 aliphatic heterocycles. The van der Waals surface area contributed by atoms with Gasteiger partial charge in [-0.15, -0.1) is 11.3 Å². The predicted molar refractivity (Wildman–Crippen MR) is 75.0 cm³/mol. The molecule has 2 aromatic rings. The second-order valence-electron chi connectivity index (χ2n) is 4.07. The Labute approximate surface area is 120 Å². The minimum atomic E-state index is -3.53. The van der Waals surface area contributed by atoms with Crippen LogP contribution in [0.1, 0.15) is 21.6 Å². The van der Waals surface area contributed by atoms with Gasteiger partial charge in [-0.2, -0.15) is 0 Å². The lowest BCUT2D eigenvalue weighted by Gasteiger charge is -2.06. The number of aromatic carboxylic acids is 1. The van der Waals surface area contributed by atoms with Gasteiger partial charge in [-0.25, -0.2) is 22.9 Å². The Balaban J connectivity index is 2.04. The monoisotopic (exact) mass is 312 g/mol. The number of nitrogens with one attached hydrogen (secondary N) is 1. The van der Waals surface area contributed by atoms with Gasteiger partial charge >= 0.3 is 5.97 Å². The van der Waals surface area contributed by atoms with Crippen LogP contribution in [0.25, 0.3) is 0 Å². The molecule has 0 aliphatic rings. The number of carboxylic acids is 1. The van der Waals surface area contributed by atoms with Crippen molar-refractivity contribution >= 4 is 27.3 Å². The first-order valence-corrected chi connectivity index (χ1v) is 8.22. The third kappa shape index (κ3) is 4.12. The van der Waals surface area contributed by atoms with Gasteiger partial charge in [0.2, 0.25) is 10.0 Å². The van der Waals surface area contributed by atoms with E-state index < -0.39 is 16.0 Å². The van der Waals surface area contributed by atoms with Gasteiger partial charge in [-0.3, -0.25) is 0 Å². The van der Waals surface area contributed by atoms with Crippen molar-refractivity contribution in [2.75, 3.05) is 0 Å². The van der Waals surface area contributed by atoms with E-state index in [9.17, 15) is 13.2 Å². The summed E-state index contributed by atoms with van der Waals surface area (Å²) in [6.45, 7) is 0.129. The molecule has 6 nitrogen and oxygen atoms in total. The van der Waals surface area contributed by atoms with Crippen LogP contribution in [0.5, 0.6) is 0 Å². The van der Waals surface area contributed by atoms with Crippen molar-refractivity contribution in [3.8, 4) is 0 Å². The van der Waals surface area contributed by atoms with E-state index in [0.717, 1.165) is 0 Å². The van der Waals surface area contributed by atoms with E-state index in [-0.39, 0.29) is 17.9 Å². The highest BCUT2D eigenvalue weighted by Crippen LogP contribution is 2.09. The van der Waals surface area contributed by atoms with Gasteiger partial charge in [0.25, 0.3) is 0 Å². The fourth-order valence-corrected chi connectivity index (χ4v) is 3.22. The largest absolute Gasteiger partial charge is 0.478 e. The number of carboxylic acid groups (broad SMARTS) is 1. The van der Waals surface area contributed by atoms with Crippen molar-refractivity contribution in [3.63, 3.8) is 0 Å². The van der Waals surface area contributed by atoms with Crippen molar-refractivity contribution in [1.82, 2.24) is 9.71 Å². The first-order chi connectivity index (χ1) is 9.46. The fraction of sp³-hybridized carbons (Fsp3) is 0.167. The van der Waals surface area contributed by atoms with Gasteiger partial charge in [0.15, 0.2) is 0 Å². The summed E-state index contributed by atoms with van der Waals surface area (Å²) >= 11 is 1.39. The molecule has 0 aliphatic carbocycles. The topological polar surface area (TPSA) is 96.4 Å². The lowest BCUT2D eigenvalue weighted by molar-refractivity contribution is 0.0696. The number of hydrogen-bond donors (Lipinski definition) is 2. The van der Waals surface area contributed by atoms with Crippen LogP contribution in [0.4, 0.5) is 0 Å². The highest BCUT2D eigenvalue weighted by atomic mass is 32.2. The van der Waals surface area contributed by atoms with Crippen molar-refractivity contribution in [3.05, 3.63) is 52.0 Å². The molecule has 0 spiro atoms. The van der Waals surface area contributed by atoms with Gasteiger partial charge in [-0.05, 0) is 17.7 Å². The Bertz CT molecular complexity index is 696. The molecule has 0 saturated heterocycles. The molecule has 2 N–H and O–H groups in total. The lowest BCUT2D eigenvalue weighted by Crippen LogP contribution is -2.24. The number of nitrogens with zero attached hydrogens (tertiary/aromatic N) is 1. The first kappa shape index (κ1) is 14.6. The molecule has 0 fully saturated rings. The molecule has 0 radical (unpaired) electrons. The molecule has 1 heterocycles. The zero-order valence-corrected chi connectivity index (χ0v) is 11.9. The van der Waals surface area contributed by atoms with Crippen LogP contribution in [-0.4, -0.2) is 24.5 Å². The normalized spacial score (nSPS) is 11.4. The molecule has 2 rings (SSSR count). The summed E-state index contributed by atoms with van der Waals surface area (Å²) in [6.07, 6.45) is 0. The SMILES string of the molecule is O=C(O)c1cccc(CS(=O)(=O)NCc2cscn2)c1. The molecule has 1 aromatic heterocycles. The van der Waals surface area contributed by atoms with Crippen molar-refractivity contribution in [2.45, 2.75) is 12.3 Å². The van der Waals surface area contributed by atoms with Crippen LogP contribution in [0.15, 0.2) is 35.2 Å². The summed E-state index contributed by atoms with van der Waals surface area (Å²) in [4.78, 5) is 14.8. The van der Waals surface area contributed by atoms with Gasteiger partial charge in [0, 0.05) is 5.38 Å². The molecule has 0 bridgehead atoms. The molecule has 0 saturated carbocycles. The maximum absolute atomic E-state index is 11.9. The van der Waals surface area contributed by atoms with Gasteiger partial charge < -0.3 is 5.11 Å². The Morgan fingerprint density at radius 1 is 1.40 bits per heavy atom. The summed E-state index contributed by atoms with van der Waals surface area (Å²) in [5.74, 6) is -1.35. The molecule has 8 heteroatoms. The van der Waals surface area contributed by atoms with Crippen LogP contribution < -0.4 is 4.72 Å². The van der Waals surface area contributed by atoms with Crippen molar-refractivity contribution < 1.29 is 18.3 Å². The Morgan fingerprint density at radius 2 is 2.20 bits per heavy atom. The van der Waals surface area contributed by atoms with Crippen LogP contribution in [0, 0.1) is 0 Å². The molecule has 106 valence electrons. The summed E-state index contributed by atoms with van der Waals surface area (Å²) in [5.41, 5.74) is 2.77. The average Bonchev–Trinajstić information content (AvgIpc) is 2.89. The highest BCUT2D eigenvalue weighted by molar-refractivity contribution is 7.88. The molecular weight excluding hydrogens is 300 g/mol. The van der Waals surface area contributed by atoms with Crippen LogP contribution in [-0.2, 0) is 22.3 Å². The smallest absolute Gasteiger partial charge is 0.335 e. The minimum Gasteiger partial charge on any atom is -0.478 e. The van der Waals surface area contributed by atoms with Gasteiger partial charge in [0.1, 0.15) is 0 Å². The van der Waals surface area contributed by atoms with E-state index in [1.54, 1.807) is 17.0 Å². The standard InChI is InChI=1S/C12H12N2O4S2/c15-12(16)10-3-1-2-9(4-10)7-20(17,18)14-5-11-6-19-8-13-11/h1-4,6,8,14H,5,7H2,(H,15,16). The van der Waals surface area contributed by atoms with Crippen molar-refractivity contribution in [2.24, 2.45) is 0 Å². The average molecular weight is 312 g/mol. The molecule has 0 atom stereocenters. The van der Waals surface area contributed by atoms with E-state index in [1.165, 1.54) is 29.5 Å². The molecular formula is C12H12N2O4S2. The Hall–Kier alpha value is -1.77. The van der Waals surface area contributed by atoms with Crippen molar-refractivity contribution in [1.29, 1.82) is 0 Å². The highest BCUT2D eigenvalue weighted by Gasteiger charge is 2.13. The number of hydrogen-bond acceptors (Lipinski definition) is 5. The van der Waals surface area contributed by atoms with Crippen LogP contribution in [0.3, 0.4) is 0 Å². The third-order valence-corrected chi connectivity index (χ3v) is 4.42. The van der Waals surface area contributed by atoms with E-state index >= 15 is 0 Å². The quantitative estimate of drug-likeness (QED) is 0.842. The summed E-state index contributed by atoms with van der Waals surface area (Å²) in [7, 11) is -3.53. The number of rotatable bonds is 6. The molecule has 20 heavy (non-hydrogen) atoms. The molecule has 0 unspecified atom stereocenters. The second kappa shape index (κ2) is 6.12. The van der Waals surface area contributed by atoms with Crippen LogP contribution in [0.2, 0.25) is 0 Å². The van der Waals surface area contributed by atoms with E-state index in [2.05, 4.69) is 9.71 Å². The summed E-state index contributed by atoms with van der Waals surface area (Å²) < 4.78 is 26.2. The third-order valence-electron chi connectivity index (χ3n) is 2.49. The number of thiazole rings is 1. The number of sulfonamides is 1. The van der Waals surface area contributed by atoms with E-state index in [4.69, 9.17) is 5.11 Å². The zero-order chi connectivity index (χ0) is 14.6. The zero-order valence-electron chi connectivity index (χ0n) is 10.3. The Morgan fingerprint density at radius 3 is 2.85 bits per heavy atom. The van der Waals surface area contributed by atoms with E-state index in [1.807, 2.05) is 0 Å². The lowest BCUT2D eigenvalue weighted by atomic mass is 10.1. The maximum Gasteiger partial charge on any atom is 0.335 e. The number of aromatic nitrogens is 1. The molecule has 0 amide bonds.